The smallest absolute Gasteiger partial charge is 0.311 e. The van der Waals surface area contributed by atoms with Crippen LogP contribution in [0.4, 0.5) is 11.5 Å². The summed E-state index contributed by atoms with van der Waals surface area (Å²) < 4.78 is 0. The van der Waals surface area contributed by atoms with E-state index < -0.39 is 4.92 Å². The molecule has 0 spiro atoms. The molecule has 0 bridgehead atoms. The number of aromatic nitrogens is 1. The fourth-order valence-electron chi connectivity index (χ4n) is 2.28. The number of nitrogens with zero attached hydrogens (tertiary/aromatic N) is 4. The Morgan fingerprint density at radius 3 is 2.55 bits per heavy atom. The number of anilines is 1. The van der Waals surface area contributed by atoms with Crippen LogP contribution in [0.2, 0.25) is 0 Å². The van der Waals surface area contributed by atoms with E-state index in [4.69, 9.17) is 0 Å². The number of rotatable bonds is 3. The SMILES string of the molecule is CC(C)C(=O)N1CCN(c2ncccc2[N+](=O)[O-])CC1. The van der Waals surface area contributed by atoms with Gasteiger partial charge in [-0.1, -0.05) is 13.8 Å². The molecule has 2 heterocycles. The average molecular weight is 278 g/mol. The number of hydrogen-bond donors (Lipinski definition) is 0. The molecule has 1 fully saturated rings. The predicted molar refractivity (Wildman–Crippen MR) is 74.5 cm³/mol. The molecule has 1 aliphatic heterocycles. The van der Waals surface area contributed by atoms with Crippen LogP contribution in [-0.2, 0) is 4.79 Å². The Morgan fingerprint density at radius 1 is 1.35 bits per heavy atom. The van der Waals surface area contributed by atoms with Crippen molar-refractivity contribution >= 4 is 17.4 Å². The Balaban J connectivity index is 2.08. The summed E-state index contributed by atoms with van der Waals surface area (Å²) in [6, 6.07) is 3.01. The van der Waals surface area contributed by atoms with Crippen molar-refractivity contribution in [3.8, 4) is 0 Å². The minimum absolute atomic E-state index is 0.0103. The lowest BCUT2D eigenvalue weighted by molar-refractivity contribution is -0.384. The summed E-state index contributed by atoms with van der Waals surface area (Å²) in [5.74, 6) is 0.486. The van der Waals surface area contributed by atoms with E-state index in [1.807, 2.05) is 18.7 Å². The molecule has 0 radical (unpaired) electrons. The lowest BCUT2D eigenvalue weighted by Gasteiger charge is -2.35. The third kappa shape index (κ3) is 2.87. The quantitative estimate of drug-likeness (QED) is 0.615. The van der Waals surface area contributed by atoms with Gasteiger partial charge in [0.25, 0.3) is 0 Å². The molecule has 1 amide bonds. The van der Waals surface area contributed by atoms with Gasteiger partial charge in [0.1, 0.15) is 0 Å². The highest BCUT2D eigenvalue weighted by Crippen LogP contribution is 2.25. The third-order valence-electron chi connectivity index (χ3n) is 3.35. The number of carbonyl (C=O) groups is 1. The van der Waals surface area contributed by atoms with Gasteiger partial charge in [-0.2, -0.15) is 0 Å². The first-order chi connectivity index (χ1) is 9.50. The molecular formula is C13H18N4O3. The van der Waals surface area contributed by atoms with E-state index in [0.29, 0.717) is 32.0 Å². The number of carbonyl (C=O) groups excluding carboxylic acids is 1. The molecule has 2 rings (SSSR count). The molecule has 0 N–H and O–H groups in total. The number of piperazine rings is 1. The number of pyridine rings is 1. The molecule has 0 aliphatic carbocycles. The van der Waals surface area contributed by atoms with E-state index in [0.717, 1.165) is 0 Å². The van der Waals surface area contributed by atoms with Gasteiger partial charge in [0, 0.05) is 44.4 Å². The van der Waals surface area contributed by atoms with Gasteiger partial charge in [0.2, 0.25) is 11.7 Å². The Labute approximate surface area is 117 Å². The highest BCUT2D eigenvalue weighted by atomic mass is 16.6. The zero-order valence-electron chi connectivity index (χ0n) is 11.7. The van der Waals surface area contributed by atoms with Crippen LogP contribution in [0.1, 0.15) is 13.8 Å². The van der Waals surface area contributed by atoms with Gasteiger partial charge in [-0.15, -0.1) is 0 Å². The summed E-state index contributed by atoms with van der Waals surface area (Å²) >= 11 is 0. The molecule has 7 heteroatoms. The van der Waals surface area contributed by atoms with Gasteiger partial charge >= 0.3 is 5.69 Å². The molecule has 1 aromatic rings. The largest absolute Gasteiger partial charge is 0.347 e. The summed E-state index contributed by atoms with van der Waals surface area (Å²) in [5, 5.41) is 11.0. The number of amides is 1. The van der Waals surface area contributed by atoms with Crippen LogP contribution in [0, 0.1) is 16.0 Å². The van der Waals surface area contributed by atoms with E-state index >= 15 is 0 Å². The standard InChI is InChI=1S/C13H18N4O3/c1-10(2)13(18)16-8-6-15(7-9-16)12-11(17(19)20)4-3-5-14-12/h3-5,10H,6-9H2,1-2H3. The third-order valence-corrected chi connectivity index (χ3v) is 3.35. The van der Waals surface area contributed by atoms with Gasteiger partial charge in [0.05, 0.1) is 4.92 Å². The maximum absolute atomic E-state index is 11.9. The second kappa shape index (κ2) is 5.85. The summed E-state index contributed by atoms with van der Waals surface area (Å²) in [7, 11) is 0. The molecule has 0 unspecified atom stereocenters. The average Bonchev–Trinajstić information content (AvgIpc) is 2.46. The minimum atomic E-state index is -0.423. The first-order valence-electron chi connectivity index (χ1n) is 6.64. The fraction of sp³-hybridized carbons (Fsp3) is 0.538. The molecule has 1 aromatic heterocycles. The molecule has 1 aliphatic rings. The van der Waals surface area contributed by atoms with Crippen LogP contribution in [0.15, 0.2) is 18.3 Å². The van der Waals surface area contributed by atoms with Crippen molar-refractivity contribution in [3.05, 3.63) is 28.4 Å². The maximum Gasteiger partial charge on any atom is 0.311 e. The Bertz CT molecular complexity index is 510. The van der Waals surface area contributed by atoms with Crippen LogP contribution in [0.3, 0.4) is 0 Å². The maximum atomic E-state index is 11.9. The lowest BCUT2D eigenvalue weighted by Crippen LogP contribution is -2.50. The van der Waals surface area contributed by atoms with Crippen LogP contribution in [-0.4, -0.2) is 46.9 Å². The first kappa shape index (κ1) is 14.2. The van der Waals surface area contributed by atoms with Crippen LogP contribution < -0.4 is 4.90 Å². The van der Waals surface area contributed by atoms with E-state index in [9.17, 15) is 14.9 Å². The molecule has 20 heavy (non-hydrogen) atoms. The summed E-state index contributed by atoms with van der Waals surface area (Å²) in [4.78, 5) is 30.3. The Morgan fingerprint density at radius 2 is 2.00 bits per heavy atom. The van der Waals surface area contributed by atoms with E-state index in [1.54, 1.807) is 17.2 Å². The van der Waals surface area contributed by atoms with E-state index in [-0.39, 0.29) is 17.5 Å². The highest BCUT2D eigenvalue weighted by Gasteiger charge is 2.27. The summed E-state index contributed by atoms with van der Waals surface area (Å²) in [6.45, 7) is 6.03. The fourth-order valence-corrected chi connectivity index (χ4v) is 2.28. The van der Waals surface area contributed by atoms with Gasteiger partial charge in [-0.25, -0.2) is 4.98 Å². The van der Waals surface area contributed by atoms with Crippen molar-refractivity contribution in [1.82, 2.24) is 9.88 Å². The molecule has 0 aromatic carbocycles. The number of nitro groups is 1. The van der Waals surface area contributed by atoms with Crippen LogP contribution >= 0.6 is 0 Å². The number of hydrogen-bond acceptors (Lipinski definition) is 5. The van der Waals surface area contributed by atoms with E-state index in [2.05, 4.69) is 4.98 Å². The monoisotopic (exact) mass is 278 g/mol. The first-order valence-corrected chi connectivity index (χ1v) is 6.64. The van der Waals surface area contributed by atoms with Gasteiger partial charge < -0.3 is 9.80 Å². The van der Waals surface area contributed by atoms with Crippen LogP contribution in [0.25, 0.3) is 0 Å². The van der Waals surface area contributed by atoms with Gasteiger partial charge in [-0.3, -0.25) is 14.9 Å². The van der Waals surface area contributed by atoms with Gasteiger partial charge in [0.15, 0.2) is 0 Å². The van der Waals surface area contributed by atoms with Crippen molar-refractivity contribution in [2.45, 2.75) is 13.8 Å². The second-order valence-corrected chi connectivity index (χ2v) is 5.07. The molecule has 7 nitrogen and oxygen atoms in total. The van der Waals surface area contributed by atoms with Gasteiger partial charge in [-0.05, 0) is 6.07 Å². The van der Waals surface area contributed by atoms with Crippen molar-refractivity contribution in [1.29, 1.82) is 0 Å². The normalized spacial score (nSPS) is 15.6. The zero-order chi connectivity index (χ0) is 14.7. The zero-order valence-corrected chi connectivity index (χ0v) is 11.7. The minimum Gasteiger partial charge on any atom is -0.347 e. The Kier molecular flexibility index (Phi) is 4.16. The molecule has 1 saturated heterocycles. The molecular weight excluding hydrogens is 260 g/mol. The lowest BCUT2D eigenvalue weighted by atomic mass is 10.1. The van der Waals surface area contributed by atoms with Crippen molar-refractivity contribution in [3.63, 3.8) is 0 Å². The van der Waals surface area contributed by atoms with E-state index in [1.165, 1.54) is 6.07 Å². The van der Waals surface area contributed by atoms with Crippen molar-refractivity contribution in [2.24, 2.45) is 5.92 Å². The summed E-state index contributed by atoms with van der Waals surface area (Å²) in [6.07, 6.45) is 1.55. The molecule has 0 saturated carbocycles. The highest BCUT2D eigenvalue weighted by molar-refractivity contribution is 5.78. The van der Waals surface area contributed by atoms with Crippen molar-refractivity contribution < 1.29 is 9.72 Å². The molecule has 108 valence electrons. The topological polar surface area (TPSA) is 79.6 Å². The van der Waals surface area contributed by atoms with Crippen molar-refractivity contribution in [2.75, 3.05) is 31.1 Å². The second-order valence-electron chi connectivity index (χ2n) is 5.07. The van der Waals surface area contributed by atoms with Crippen LogP contribution in [0.5, 0.6) is 0 Å². The predicted octanol–water partition coefficient (Wildman–Crippen LogP) is 1.29. The summed E-state index contributed by atoms with van der Waals surface area (Å²) in [5.41, 5.74) is 0.0103. The molecule has 0 atom stereocenters. The Hall–Kier alpha value is -2.18.